The topological polar surface area (TPSA) is 86.7 Å². The molecule has 0 aromatic heterocycles. The standard InChI is InChI=1S/2C9H19NO2.Ni/c2*1-8(2)4-6-10(3)7-5-9(11)12;/h2*8H,4-7H2,1-3H3,(H,11,12);/q;;+2/p-2. The summed E-state index contributed by atoms with van der Waals surface area (Å²) in [6, 6.07) is 0. The molecule has 152 valence electrons. The summed E-state index contributed by atoms with van der Waals surface area (Å²) in [6.45, 7) is 11.7. The van der Waals surface area contributed by atoms with Gasteiger partial charge in [0.15, 0.2) is 0 Å². The summed E-state index contributed by atoms with van der Waals surface area (Å²) in [6.07, 6.45) is 2.50. The smallest absolute Gasteiger partial charge is 0.550 e. The first-order valence-corrected chi connectivity index (χ1v) is 8.81. The summed E-state index contributed by atoms with van der Waals surface area (Å²) in [5, 5.41) is 20.2. The minimum Gasteiger partial charge on any atom is -0.550 e. The Bertz CT molecular complexity index is 307. The van der Waals surface area contributed by atoms with Crippen LogP contribution >= 0.6 is 0 Å². The molecule has 0 aliphatic heterocycles. The van der Waals surface area contributed by atoms with E-state index in [0.717, 1.165) is 25.9 Å². The fourth-order valence-electron chi connectivity index (χ4n) is 1.75. The van der Waals surface area contributed by atoms with Crippen molar-refractivity contribution < 1.29 is 36.3 Å². The summed E-state index contributed by atoms with van der Waals surface area (Å²) in [5.74, 6) is -0.580. The minimum absolute atomic E-state index is 0. The third kappa shape index (κ3) is 28.4. The summed E-state index contributed by atoms with van der Waals surface area (Å²) in [7, 11) is 3.87. The van der Waals surface area contributed by atoms with Crippen molar-refractivity contribution in [2.24, 2.45) is 11.8 Å². The van der Waals surface area contributed by atoms with Gasteiger partial charge in [0, 0.05) is 25.0 Å². The van der Waals surface area contributed by atoms with Gasteiger partial charge in [-0.15, -0.1) is 0 Å². The first-order valence-electron chi connectivity index (χ1n) is 8.81. The number of hydrogen-bond acceptors (Lipinski definition) is 6. The molecule has 0 N–H and O–H groups in total. The van der Waals surface area contributed by atoms with Crippen molar-refractivity contribution in [1.82, 2.24) is 9.80 Å². The van der Waals surface area contributed by atoms with Crippen molar-refractivity contribution in [1.29, 1.82) is 0 Å². The van der Waals surface area contributed by atoms with Gasteiger partial charge >= 0.3 is 16.5 Å². The average Bonchev–Trinajstić information content (AvgIpc) is 2.47. The Hall–Kier alpha value is -0.646. The number of aliphatic carboxylic acids is 2. The van der Waals surface area contributed by atoms with Gasteiger partial charge in [-0.25, -0.2) is 0 Å². The molecule has 0 fully saturated rings. The van der Waals surface area contributed by atoms with Gasteiger partial charge in [-0.05, 0) is 64.7 Å². The fourth-order valence-corrected chi connectivity index (χ4v) is 1.75. The molecule has 25 heavy (non-hydrogen) atoms. The Morgan fingerprint density at radius 2 is 1.00 bits per heavy atom. The molecule has 0 aliphatic carbocycles. The van der Waals surface area contributed by atoms with E-state index in [1.54, 1.807) is 0 Å². The van der Waals surface area contributed by atoms with Crippen molar-refractivity contribution in [2.75, 3.05) is 40.3 Å². The van der Waals surface area contributed by atoms with E-state index in [9.17, 15) is 19.8 Å². The first kappa shape index (κ1) is 29.1. The zero-order chi connectivity index (χ0) is 19.1. The summed E-state index contributed by atoms with van der Waals surface area (Å²) in [4.78, 5) is 24.3. The number of hydrogen-bond donors (Lipinski definition) is 0. The Labute approximate surface area is 163 Å². The molecule has 0 bridgehead atoms. The van der Waals surface area contributed by atoms with Crippen LogP contribution in [0.2, 0.25) is 0 Å². The molecule has 0 amide bonds. The van der Waals surface area contributed by atoms with Gasteiger partial charge in [-0.3, -0.25) is 0 Å². The van der Waals surface area contributed by atoms with Crippen LogP contribution in [0.1, 0.15) is 53.4 Å². The second-order valence-electron chi connectivity index (χ2n) is 7.22. The predicted octanol–water partition coefficient (Wildman–Crippen LogP) is 0.206. The SMILES string of the molecule is CC(C)CCN(C)CCC(=O)[O-].CC(C)CCN(C)CCC(=O)[O-].[Ni+2]. The second kappa shape index (κ2) is 18.2. The molecule has 0 spiro atoms. The number of carbonyl (C=O) groups excluding carboxylic acids is 2. The summed E-state index contributed by atoms with van der Waals surface area (Å²) < 4.78 is 0. The largest absolute Gasteiger partial charge is 2.00 e. The molecule has 6 nitrogen and oxygen atoms in total. The van der Waals surface area contributed by atoms with E-state index >= 15 is 0 Å². The molecule has 0 atom stereocenters. The van der Waals surface area contributed by atoms with E-state index in [1.807, 2.05) is 23.9 Å². The van der Waals surface area contributed by atoms with Crippen LogP contribution in [0.3, 0.4) is 0 Å². The van der Waals surface area contributed by atoms with Gasteiger partial charge in [0.1, 0.15) is 0 Å². The molecule has 0 aromatic carbocycles. The first-order chi connectivity index (χ1) is 11.0. The van der Waals surface area contributed by atoms with Gasteiger partial charge in [0.25, 0.3) is 0 Å². The van der Waals surface area contributed by atoms with E-state index < -0.39 is 11.9 Å². The summed E-state index contributed by atoms with van der Waals surface area (Å²) in [5.41, 5.74) is 0. The van der Waals surface area contributed by atoms with Crippen molar-refractivity contribution in [3.05, 3.63) is 0 Å². The predicted molar refractivity (Wildman–Crippen MR) is 93.2 cm³/mol. The molecular formula is C18H36N2NiO4. The fraction of sp³-hybridized carbons (Fsp3) is 0.889. The molecular weight excluding hydrogens is 367 g/mol. The van der Waals surface area contributed by atoms with E-state index in [2.05, 4.69) is 27.7 Å². The molecule has 0 radical (unpaired) electrons. The van der Waals surface area contributed by atoms with Gasteiger partial charge in [-0.1, -0.05) is 27.7 Å². The molecule has 0 saturated carbocycles. The Morgan fingerprint density at radius 3 is 1.20 bits per heavy atom. The van der Waals surface area contributed by atoms with Crippen LogP contribution in [-0.2, 0) is 26.1 Å². The van der Waals surface area contributed by atoms with Crippen LogP contribution in [-0.4, -0.2) is 62.0 Å². The summed E-state index contributed by atoms with van der Waals surface area (Å²) >= 11 is 0. The van der Waals surface area contributed by atoms with Crippen LogP contribution in [0.25, 0.3) is 0 Å². The van der Waals surface area contributed by atoms with Crippen LogP contribution in [0.4, 0.5) is 0 Å². The maximum Gasteiger partial charge on any atom is 2.00 e. The van der Waals surface area contributed by atoms with Gasteiger partial charge in [-0.2, -0.15) is 0 Å². The molecule has 0 unspecified atom stereocenters. The van der Waals surface area contributed by atoms with Crippen LogP contribution < -0.4 is 10.2 Å². The zero-order valence-corrected chi connectivity index (χ0v) is 17.6. The van der Waals surface area contributed by atoms with E-state index in [1.165, 1.54) is 0 Å². The monoisotopic (exact) mass is 402 g/mol. The van der Waals surface area contributed by atoms with Gasteiger partial charge in [0.05, 0.1) is 0 Å². The third-order valence-electron chi connectivity index (χ3n) is 3.57. The van der Waals surface area contributed by atoms with Crippen molar-refractivity contribution in [2.45, 2.75) is 53.4 Å². The van der Waals surface area contributed by atoms with Gasteiger partial charge in [0.2, 0.25) is 0 Å². The van der Waals surface area contributed by atoms with Crippen LogP contribution in [0.15, 0.2) is 0 Å². The third-order valence-corrected chi connectivity index (χ3v) is 3.57. The quantitative estimate of drug-likeness (QED) is 0.433. The van der Waals surface area contributed by atoms with E-state index in [4.69, 9.17) is 0 Å². The Morgan fingerprint density at radius 1 is 0.720 bits per heavy atom. The molecule has 0 saturated heterocycles. The maximum absolute atomic E-state index is 10.1. The Balaban J connectivity index is -0.000000372. The van der Waals surface area contributed by atoms with Crippen molar-refractivity contribution in [3.63, 3.8) is 0 Å². The number of carbonyl (C=O) groups is 2. The molecule has 7 heteroatoms. The number of carboxylic acid groups (broad SMARTS) is 2. The van der Waals surface area contributed by atoms with E-state index in [0.29, 0.717) is 24.9 Å². The molecule has 0 aliphatic rings. The van der Waals surface area contributed by atoms with E-state index in [-0.39, 0.29) is 29.3 Å². The molecule has 0 aromatic rings. The molecule has 0 heterocycles. The Kier molecular flexibility index (Phi) is 21.2. The van der Waals surface area contributed by atoms with Crippen molar-refractivity contribution >= 4 is 11.9 Å². The minimum atomic E-state index is -0.966. The van der Waals surface area contributed by atoms with Crippen molar-refractivity contribution in [3.8, 4) is 0 Å². The number of rotatable bonds is 12. The zero-order valence-electron chi connectivity index (χ0n) is 16.7. The number of carboxylic acids is 2. The molecule has 0 rings (SSSR count). The van der Waals surface area contributed by atoms with Crippen LogP contribution in [0.5, 0.6) is 0 Å². The maximum atomic E-state index is 10.1. The number of nitrogens with zero attached hydrogens (tertiary/aromatic N) is 2. The normalized spacial score (nSPS) is 10.6. The average molecular weight is 403 g/mol. The second-order valence-corrected chi connectivity index (χ2v) is 7.22. The van der Waals surface area contributed by atoms with Gasteiger partial charge < -0.3 is 29.6 Å². The van der Waals surface area contributed by atoms with Crippen LogP contribution in [0, 0.1) is 11.8 Å².